The molecule has 0 radical (unpaired) electrons. The van der Waals surface area contributed by atoms with Crippen molar-refractivity contribution in [1.29, 1.82) is 0 Å². The summed E-state index contributed by atoms with van der Waals surface area (Å²) < 4.78 is 5.93. The summed E-state index contributed by atoms with van der Waals surface area (Å²) in [4.78, 5) is 0. The van der Waals surface area contributed by atoms with Gasteiger partial charge in [0.2, 0.25) is 0 Å². The number of hydrogen-bond donors (Lipinski definition) is 1. The molecule has 2 rings (SSSR count). The number of nitrogens with zero attached hydrogens (tertiary/aromatic N) is 1. The van der Waals surface area contributed by atoms with Crippen molar-refractivity contribution < 1.29 is 14.6 Å². The summed E-state index contributed by atoms with van der Waals surface area (Å²) in [5.41, 5.74) is 0.663. The van der Waals surface area contributed by atoms with Crippen molar-refractivity contribution in [3.8, 4) is 11.5 Å². The maximum atomic E-state index is 11.1. The van der Waals surface area contributed by atoms with E-state index in [2.05, 4.69) is 0 Å². The number of phenolic OH excluding ortho intramolecular Hbond substituents is 1. The maximum absolute atomic E-state index is 11.1. The topological polar surface area (TPSA) is 55.5 Å². The predicted octanol–water partition coefficient (Wildman–Crippen LogP) is 2.11. The molecule has 0 aliphatic heterocycles. The molecule has 2 aromatic carbocycles. The van der Waals surface area contributed by atoms with Crippen molar-refractivity contribution in [1.82, 2.24) is 0 Å². The average molecular weight is 231 g/mol. The molecule has 0 amide bonds. The molecule has 0 atom stereocenters. The van der Waals surface area contributed by atoms with E-state index in [9.17, 15) is 10.3 Å². The summed E-state index contributed by atoms with van der Waals surface area (Å²) in [6, 6.07) is 8.69. The van der Waals surface area contributed by atoms with Gasteiger partial charge in [-0.05, 0) is 18.2 Å². The van der Waals surface area contributed by atoms with Gasteiger partial charge in [-0.25, -0.2) is 4.74 Å². The summed E-state index contributed by atoms with van der Waals surface area (Å²) in [6.07, 6.45) is 1.42. The molecule has 0 aliphatic rings. The van der Waals surface area contributed by atoms with E-state index in [1.807, 2.05) is 6.07 Å². The summed E-state index contributed by atoms with van der Waals surface area (Å²) in [7, 11) is 2.97. The minimum atomic E-state index is 0.134. The van der Waals surface area contributed by atoms with Gasteiger partial charge in [-0.2, -0.15) is 0 Å². The number of methoxy groups -OCH3 is 1. The first-order chi connectivity index (χ1) is 8.13. The molecule has 2 aromatic rings. The normalized spacial score (nSPS) is 11.8. The summed E-state index contributed by atoms with van der Waals surface area (Å²) in [5, 5.41) is 22.4. The molecule has 17 heavy (non-hydrogen) atoms. The first kappa shape index (κ1) is 11.3. The second-order valence-corrected chi connectivity index (χ2v) is 3.73. The fourth-order valence-electron chi connectivity index (χ4n) is 1.87. The molecule has 0 aliphatic carbocycles. The quantitative estimate of drug-likeness (QED) is 0.373. The second kappa shape index (κ2) is 4.33. The highest BCUT2D eigenvalue weighted by Gasteiger charge is 2.10. The lowest BCUT2D eigenvalue weighted by Crippen LogP contribution is -1.99. The zero-order valence-electron chi connectivity index (χ0n) is 9.68. The van der Waals surface area contributed by atoms with Crippen LogP contribution in [0.1, 0.15) is 5.56 Å². The van der Waals surface area contributed by atoms with Gasteiger partial charge in [-0.15, -0.1) is 0 Å². The SMILES string of the molecule is COc1ccc(/C=[N+](/C)[O-])c2c(O)cccc12. The zero-order valence-corrected chi connectivity index (χ0v) is 9.68. The Hall–Kier alpha value is -2.23. The van der Waals surface area contributed by atoms with Crippen molar-refractivity contribution in [2.75, 3.05) is 14.2 Å². The molecule has 1 N–H and O–H groups in total. The van der Waals surface area contributed by atoms with Crippen LogP contribution < -0.4 is 4.74 Å². The van der Waals surface area contributed by atoms with Gasteiger partial charge in [0.1, 0.15) is 18.5 Å². The smallest absolute Gasteiger partial charge is 0.182 e. The number of ether oxygens (including phenoxy) is 1. The molecule has 0 bridgehead atoms. The van der Waals surface area contributed by atoms with Gasteiger partial charge in [0.15, 0.2) is 6.21 Å². The van der Waals surface area contributed by atoms with Gasteiger partial charge in [-0.3, -0.25) is 0 Å². The standard InChI is InChI=1S/C13H13NO3/c1-14(16)8-9-6-7-12(17-2)10-4-3-5-11(15)13(9)10/h3-8,15H,1-2H3/b14-8-. The Kier molecular flexibility index (Phi) is 2.87. The van der Waals surface area contributed by atoms with Gasteiger partial charge in [-0.1, -0.05) is 12.1 Å². The van der Waals surface area contributed by atoms with Crippen LogP contribution in [0.15, 0.2) is 30.3 Å². The predicted molar refractivity (Wildman–Crippen MR) is 66.9 cm³/mol. The Balaban J connectivity index is 2.84. The molecule has 0 spiro atoms. The molecule has 0 heterocycles. The van der Waals surface area contributed by atoms with Gasteiger partial charge < -0.3 is 15.1 Å². The van der Waals surface area contributed by atoms with E-state index in [1.54, 1.807) is 31.4 Å². The van der Waals surface area contributed by atoms with E-state index >= 15 is 0 Å². The largest absolute Gasteiger partial charge is 0.624 e. The lowest BCUT2D eigenvalue weighted by molar-refractivity contribution is -0.416. The Labute approximate surface area is 99.0 Å². The van der Waals surface area contributed by atoms with E-state index in [0.29, 0.717) is 21.4 Å². The lowest BCUT2D eigenvalue weighted by atomic mass is 10.0. The highest BCUT2D eigenvalue weighted by Crippen LogP contribution is 2.33. The molecule has 0 saturated carbocycles. The molecule has 4 nitrogen and oxygen atoms in total. The number of benzene rings is 2. The molecular weight excluding hydrogens is 218 g/mol. The monoisotopic (exact) mass is 231 g/mol. The number of rotatable bonds is 2. The molecule has 0 fully saturated rings. The van der Waals surface area contributed by atoms with Crippen LogP contribution in [0.3, 0.4) is 0 Å². The molecule has 0 unspecified atom stereocenters. The Bertz CT molecular complexity index is 586. The Morgan fingerprint density at radius 2 is 2.06 bits per heavy atom. The molecule has 4 heteroatoms. The first-order valence-corrected chi connectivity index (χ1v) is 5.17. The average Bonchev–Trinajstić information content (AvgIpc) is 2.28. The van der Waals surface area contributed by atoms with E-state index in [0.717, 1.165) is 5.39 Å². The van der Waals surface area contributed by atoms with Crippen molar-refractivity contribution >= 4 is 17.0 Å². The number of hydroxylamine groups is 1. The maximum Gasteiger partial charge on any atom is 0.182 e. The van der Waals surface area contributed by atoms with Crippen LogP contribution in [0, 0.1) is 5.21 Å². The van der Waals surface area contributed by atoms with Gasteiger partial charge in [0.05, 0.1) is 12.7 Å². The summed E-state index contributed by atoms with van der Waals surface area (Å²) >= 11 is 0. The van der Waals surface area contributed by atoms with Crippen LogP contribution >= 0.6 is 0 Å². The van der Waals surface area contributed by atoms with E-state index in [-0.39, 0.29) is 5.75 Å². The van der Waals surface area contributed by atoms with Crippen LogP contribution in [0.4, 0.5) is 0 Å². The highest BCUT2D eigenvalue weighted by atomic mass is 16.5. The third kappa shape index (κ3) is 2.01. The van der Waals surface area contributed by atoms with Crippen LogP contribution in [-0.2, 0) is 0 Å². The van der Waals surface area contributed by atoms with E-state index in [4.69, 9.17) is 4.74 Å². The fraction of sp³-hybridized carbons (Fsp3) is 0.154. The van der Waals surface area contributed by atoms with Gasteiger partial charge in [0, 0.05) is 10.8 Å². The number of aromatic hydroxyl groups is 1. The summed E-state index contributed by atoms with van der Waals surface area (Å²) in [5.74, 6) is 0.802. The van der Waals surface area contributed by atoms with Crippen LogP contribution in [0.2, 0.25) is 0 Å². The van der Waals surface area contributed by atoms with Gasteiger partial charge >= 0.3 is 0 Å². The minimum Gasteiger partial charge on any atom is -0.624 e. The molecule has 0 saturated heterocycles. The number of fused-ring (bicyclic) bond motifs is 1. The zero-order chi connectivity index (χ0) is 12.4. The second-order valence-electron chi connectivity index (χ2n) is 3.73. The van der Waals surface area contributed by atoms with Crippen molar-refractivity contribution in [2.24, 2.45) is 0 Å². The van der Waals surface area contributed by atoms with Crippen LogP contribution in [0.5, 0.6) is 11.5 Å². The fourth-order valence-corrected chi connectivity index (χ4v) is 1.87. The molecular formula is C13H13NO3. The minimum absolute atomic E-state index is 0.134. The van der Waals surface area contributed by atoms with E-state index in [1.165, 1.54) is 13.3 Å². The van der Waals surface area contributed by atoms with Crippen molar-refractivity contribution in [3.63, 3.8) is 0 Å². The Morgan fingerprint density at radius 3 is 2.71 bits per heavy atom. The van der Waals surface area contributed by atoms with Gasteiger partial charge in [0.25, 0.3) is 0 Å². The van der Waals surface area contributed by atoms with Crippen LogP contribution in [-0.4, -0.2) is 30.2 Å². The van der Waals surface area contributed by atoms with Crippen molar-refractivity contribution in [3.05, 3.63) is 41.1 Å². The first-order valence-electron chi connectivity index (χ1n) is 5.17. The lowest BCUT2D eigenvalue weighted by Gasteiger charge is -2.09. The molecule has 0 aromatic heterocycles. The van der Waals surface area contributed by atoms with Crippen molar-refractivity contribution in [2.45, 2.75) is 0 Å². The number of hydrogen-bond acceptors (Lipinski definition) is 3. The third-order valence-corrected chi connectivity index (χ3v) is 2.55. The van der Waals surface area contributed by atoms with E-state index < -0.39 is 0 Å². The van der Waals surface area contributed by atoms with Crippen LogP contribution in [0.25, 0.3) is 10.8 Å². The summed E-state index contributed by atoms with van der Waals surface area (Å²) in [6.45, 7) is 0. The molecule has 88 valence electrons. The Morgan fingerprint density at radius 1 is 1.29 bits per heavy atom. The highest BCUT2D eigenvalue weighted by molar-refractivity contribution is 6.04. The number of phenols is 1. The third-order valence-electron chi connectivity index (χ3n) is 2.55.